The molecule has 0 radical (unpaired) electrons. The first-order valence-corrected chi connectivity index (χ1v) is 13.7. The van der Waals surface area contributed by atoms with E-state index >= 15 is 0 Å². The van der Waals surface area contributed by atoms with E-state index in [1.54, 1.807) is 19.9 Å². The van der Waals surface area contributed by atoms with E-state index in [0.29, 0.717) is 5.75 Å². The lowest BCUT2D eigenvalue weighted by Crippen LogP contribution is -2.44. The second-order valence-electron chi connectivity index (χ2n) is 11.4. The quantitative estimate of drug-likeness (QED) is 0.270. The molecule has 204 valence electrons. The third-order valence-corrected chi connectivity index (χ3v) is 7.03. The summed E-state index contributed by atoms with van der Waals surface area (Å²) in [6, 6.07) is 14.8. The van der Waals surface area contributed by atoms with E-state index in [4.69, 9.17) is 9.72 Å². The molecule has 3 aromatic rings. The van der Waals surface area contributed by atoms with Crippen LogP contribution in [-0.4, -0.2) is 28.0 Å². The number of aliphatic carboxylic acids is 1. The highest BCUT2D eigenvalue weighted by Gasteiger charge is 2.26. The van der Waals surface area contributed by atoms with E-state index in [-0.39, 0.29) is 22.9 Å². The third-order valence-electron chi connectivity index (χ3n) is 7.03. The zero-order valence-corrected chi connectivity index (χ0v) is 23.8. The number of ether oxygens (including phenoxy) is 1. The van der Waals surface area contributed by atoms with Crippen molar-refractivity contribution >= 4 is 22.6 Å². The van der Waals surface area contributed by atoms with Crippen molar-refractivity contribution in [3.63, 3.8) is 0 Å². The zero-order valence-electron chi connectivity index (χ0n) is 23.8. The number of carboxylic acid groups (broad SMARTS) is 1. The minimum absolute atomic E-state index is 0.0688. The summed E-state index contributed by atoms with van der Waals surface area (Å²) in [6.07, 6.45) is 3.98. The molecule has 2 aromatic carbocycles. The topological polar surface area (TPSA) is 88.5 Å². The molecule has 1 amide bonds. The molecule has 0 aliphatic carbocycles. The average molecular weight is 519 g/mol. The van der Waals surface area contributed by atoms with Crippen LogP contribution in [-0.2, 0) is 10.2 Å². The van der Waals surface area contributed by atoms with Crippen molar-refractivity contribution in [1.29, 1.82) is 0 Å². The monoisotopic (exact) mass is 518 g/mol. The van der Waals surface area contributed by atoms with Crippen LogP contribution in [0.1, 0.15) is 102 Å². The number of carbonyl (C=O) groups is 2. The van der Waals surface area contributed by atoms with Crippen LogP contribution in [0.2, 0.25) is 0 Å². The summed E-state index contributed by atoms with van der Waals surface area (Å²) in [5.41, 5.74) is 2.40. The molecule has 1 unspecified atom stereocenters. The molecule has 3 rings (SSSR count). The first-order chi connectivity index (χ1) is 17.9. The highest BCUT2D eigenvalue weighted by Crippen LogP contribution is 2.34. The molecule has 2 N–H and O–H groups in total. The second kappa shape index (κ2) is 12.4. The van der Waals surface area contributed by atoms with Gasteiger partial charge in [-0.1, -0.05) is 79.5 Å². The van der Waals surface area contributed by atoms with E-state index < -0.39 is 17.9 Å². The number of amides is 1. The highest BCUT2D eigenvalue weighted by molar-refractivity contribution is 5.99. The second-order valence-corrected chi connectivity index (χ2v) is 11.4. The lowest BCUT2D eigenvalue weighted by molar-refractivity contribution is -0.140. The number of aromatic nitrogens is 1. The van der Waals surface area contributed by atoms with Crippen LogP contribution in [0.3, 0.4) is 0 Å². The molecule has 1 heterocycles. The van der Waals surface area contributed by atoms with Crippen LogP contribution in [0.25, 0.3) is 10.8 Å². The number of nitrogens with zero attached hydrogens (tertiary/aromatic N) is 1. The fraction of sp³-hybridized carbons (Fsp3) is 0.469. The molecule has 0 spiro atoms. The number of unbranched alkanes of at least 4 members (excludes halogenated alkanes) is 1. The minimum Gasteiger partial charge on any atom is -0.480 e. The standard InChI is InChI=1S/C32H42N2O4/c1-8-10-11-21(9-2)29-26-19-25(38-24-16-13-23(14-17-24)32(5,6)7)15-12-22(26)18-27(33-29)30(35)34-28(20(3)4)31(36)37/h12-21,28H,8-11H2,1-7H3,(H,34,35)(H,36,37)/t21?,28-/m0/s1. The molecule has 0 saturated heterocycles. The van der Waals surface area contributed by atoms with Gasteiger partial charge in [0.15, 0.2) is 0 Å². The average Bonchev–Trinajstić information content (AvgIpc) is 2.86. The molecule has 38 heavy (non-hydrogen) atoms. The summed E-state index contributed by atoms with van der Waals surface area (Å²) in [4.78, 5) is 29.6. The Balaban J connectivity index is 2.02. The molecule has 0 aliphatic rings. The maximum atomic E-state index is 13.1. The van der Waals surface area contributed by atoms with Gasteiger partial charge >= 0.3 is 5.97 Å². The van der Waals surface area contributed by atoms with Crippen molar-refractivity contribution in [2.45, 2.75) is 91.5 Å². The van der Waals surface area contributed by atoms with Crippen molar-refractivity contribution in [1.82, 2.24) is 10.3 Å². The van der Waals surface area contributed by atoms with E-state index in [1.807, 2.05) is 30.3 Å². The van der Waals surface area contributed by atoms with E-state index in [9.17, 15) is 14.7 Å². The van der Waals surface area contributed by atoms with Gasteiger partial charge in [-0.3, -0.25) is 4.79 Å². The maximum Gasteiger partial charge on any atom is 0.326 e. The molecule has 0 bridgehead atoms. The fourth-order valence-electron chi connectivity index (χ4n) is 4.62. The Morgan fingerprint density at radius 2 is 1.66 bits per heavy atom. The van der Waals surface area contributed by atoms with Crippen molar-refractivity contribution in [3.8, 4) is 11.5 Å². The Kier molecular flexibility index (Phi) is 9.53. The maximum absolute atomic E-state index is 13.1. The summed E-state index contributed by atoms with van der Waals surface area (Å²) < 4.78 is 6.21. The van der Waals surface area contributed by atoms with Crippen LogP contribution < -0.4 is 10.1 Å². The van der Waals surface area contributed by atoms with Gasteiger partial charge in [0.1, 0.15) is 23.2 Å². The van der Waals surface area contributed by atoms with Gasteiger partial charge in [-0.2, -0.15) is 0 Å². The Bertz CT molecular complexity index is 1260. The summed E-state index contributed by atoms with van der Waals surface area (Å²) in [6.45, 7) is 14.4. The fourth-order valence-corrected chi connectivity index (χ4v) is 4.62. The van der Waals surface area contributed by atoms with Gasteiger partial charge in [-0.15, -0.1) is 0 Å². The highest BCUT2D eigenvalue weighted by atomic mass is 16.5. The molecule has 6 heteroatoms. The minimum atomic E-state index is -1.05. The zero-order chi connectivity index (χ0) is 28.0. The summed E-state index contributed by atoms with van der Waals surface area (Å²) in [7, 11) is 0. The van der Waals surface area contributed by atoms with Gasteiger partial charge < -0.3 is 15.2 Å². The molecular formula is C32H42N2O4. The van der Waals surface area contributed by atoms with E-state index in [2.05, 4.69) is 52.1 Å². The largest absolute Gasteiger partial charge is 0.480 e. The van der Waals surface area contributed by atoms with Gasteiger partial charge in [-0.05, 0) is 65.5 Å². The molecule has 2 atom stereocenters. The van der Waals surface area contributed by atoms with Crippen molar-refractivity contribution in [2.24, 2.45) is 5.92 Å². The predicted octanol–water partition coefficient (Wildman–Crippen LogP) is 7.85. The summed E-state index contributed by atoms with van der Waals surface area (Å²) in [5, 5.41) is 14.0. The van der Waals surface area contributed by atoms with Gasteiger partial charge in [0, 0.05) is 11.3 Å². The van der Waals surface area contributed by atoms with Gasteiger partial charge in [0.25, 0.3) is 5.91 Å². The van der Waals surface area contributed by atoms with Gasteiger partial charge in [-0.25, -0.2) is 9.78 Å². The SMILES string of the molecule is CCCCC(CC)c1nc(C(=O)N[C@H](C(=O)O)C(C)C)cc2ccc(Oc3ccc(C(C)(C)C)cc3)cc12. The smallest absolute Gasteiger partial charge is 0.326 e. The number of pyridine rings is 1. The predicted molar refractivity (Wildman–Crippen MR) is 153 cm³/mol. The Morgan fingerprint density at radius 1 is 1.00 bits per heavy atom. The van der Waals surface area contributed by atoms with E-state index in [0.717, 1.165) is 47.9 Å². The normalized spacial score (nSPS) is 13.4. The number of carbonyl (C=O) groups excluding carboxylic acids is 1. The molecule has 6 nitrogen and oxygen atoms in total. The van der Waals surface area contributed by atoms with Gasteiger partial charge in [0.05, 0.1) is 5.69 Å². The Morgan fingerprint density at radius 3 is 2.21 bits per heavy atom. The first kappa shape index (κ1) is 29.2. The summed E-state index contributed by atoms with van der Waals surface area (Å²) >= 11 is 0. The number of benzene rings is 2. The first-order valence-electron chi connectivity index (χ1n) is 13.7. The van der Waals surface area contributed by atoms with Crippen molar-refractivity contribution < 1.29 is 19.4 Å². The van der Waals surface area contributed by atoms with Crippen LogP contribution in [0, 0.1) is 5.92 Å². The number of hydrogen-bond donors (Lipinski definition) is 2. The van der Waals surface area contributed by atoms with Crippen molar-refractivity contribution in [3.05, 3.63) is 65.5 Å². The van der Waals surface area contributed by atoms with Crippen LogP contribution >= 0.6 is 0 Å². The lowest BCUT2D eigenvalue weighted by atomic mass is 9.87. The third kappa shape index (κ3) is 7.12. The Hall–Kier alpha value is -3.41. The molecule has 1 aromatic heterocycles. The molecule has 0 fully saturated rings. The lowest BCUT2D eigenvalue weighted by Gasteiger charge is -2.21. The van der Waals surface area contributed by atoms with Crippen LogP contribution in [0.5, 0.6) is 11.5 Å². The number of carboxylic acids is 1. The number of hydrogen-bond acceptors (Lipinski definition) is 4. The van der Waals surface area contributed by atoms with Crippen molar-refractivity contribution in [2.75, 3.05) is 0 Å². The molecular weight excluding hydrogens is 476 g/mol. The molecule has 0 aliphatic heterocycles. The molecule has 0 saturated carbocycles. The number of fused-ring (bicyclic) bond motifs is 1. The van der Waals surface area contributed by atoms with Gasteiger partial charge in [0.2, 0.25) is 0 Å². The number of rotatable bonds is 11. The summed E-state index contributed by atoms with van der Waals surface area (Å²) in [5.74, 6) is -0.139. The van der Waals surface area contributed by atoms with Crippen LogP contribution in [0.4, 0.5) is 0 Å². The number of nitrogens with one attached hydrogen (secondary N) is 1. The Labute approximate surface area is 226 Å². The van der Waals surface area contributed by atoms with Crippen LogP contribution in [0.15, 0.2) is 48.5 Å². The van der Waals surface area contributed by atoms with E-state index in [1.165, 1.54) is 5.56 Å².